The number of allylic oxidation sites excluding steroid dienone is 2. The van der Waals surface area contributed by atoms with E-state index in [1.165, 1.54) is 12.2 Å². The van der Waals surface area contributed by atoms with E-state index in [2.05, 4.69) is 0 Å². The molecule has 0 amide bonds. The Balaban J connectivity index is 2.47. The lowest BCUT2D eigenvalue weighted by atomic mass is 10.0. The second-order valence-electron chi connectivity index (χ2n) is 6.91. The third-order valence-electron chi connectivity index (χ3n) is 4.82. The van der Waals surface area contributed by atoms with Crippen molar-refractivity contribution in [1.82, 2.24) is 0 Å². The number of Topliss-reactive ketones (excluding diaryl/α,β-unsaturated/α-hetero) is 1. The van der Waals surface area contributed by atoms with Crippen molar-refractivity contribution >= 4 is 29.3 Å². The van der Waals surface area contributed by atoms with E-state index >= 15 is 0 Å². The van der Waals surface area contributed by atoms with E-state index in [0.29, 0.717) is 35.3 Å². The normalized spacial score (nSPS) is 20.3. The monoisotopic (exact) mass is 464 g/mol. The van der Waals surface area contributed by atoms with Crippen molar-refractivity contribution in [1.29, 1.82) is 0 Å². The fraction of sp³-hybridized carbons (Fsp3) is 0.458. The van der Waals surface area contributed by atoms with Crippen LogP contribution in [0.15, 0.2) is 47.9 Å². The molecule has 0 spiro atoms. The van der Waals surface area contributed by atoms with Crippen LogP contribution in [0.2, 0.25) is 5.02 Å². The molecule has 0 aromatic heterocycles. The highest BCUT2D eigenvalue weighted by molar-refractivity contribution is 6.30. The Kier molecular flexibility index (Phi) is 9.78. The van der Waals surface area contributed by atoms with Gasteiger partial charge in [0.25, 0.3) is 0 Å². The molecule has 1 aromatic carbocycles. The maximum atomic E-state index is 13.3. The number of hydrogen-bond acceptors (Lipinski definition) is 7. The first-order valence-corrected chi connectivity index (χ1v) is 11.1. The smallest absolute Gasteiger partial charge is 0.334 e. The average Bonchev–Trinajstić information content (AvgIpc) is 3.49. The first-order valence-electron chi connectivity index (χ1n) is 10.7. The summed E-state index contributed by atoms with van der Waals surface area (Å²) in [5.41, 5.74) is 0.464. The standard InChI is InChI=1S/C24H29ClO7/c1-5-29-17(13-19(26)31-7-3)21-22(18(30-6-2)14-20(27)32-8-4)23(21)24(28)15-9-11-16(25)12-10-15/h9-14,21-23H,5-8H2,1-4H3/b17-13+,18-14+/t21-,22-/m0/s1. The van der Waals surface area contributed by atoms with Crippen LogP contribution in [0.5, 0.6) is 0 Å². The third kappa shape index (κ3) is 6.60. The molecule has 2 rings (SSSR count). The zero-order valence-corrected chi connectivity index (χ0v) is 19.5. The number of carbonyl (C=O) groups excluding carboxylic acids is 3. The van der Waals surface area contributed by atoms with E-state index in [0.717, 1.165) is 0 Å². The molecular formula is C24H29ClO7. The van der Waals surface area contributed by atoms with Crippen LogP contribution in [0.25, 0.3) is 0 Å². The second-order valence-corrected chi connectivity index (χ2v) is 7.35. The molecule has 1 saturated carbocycles. The molecule has 32 heavy (non-hydrogen) atoms. The Hall–Kier alpha value is -2.80. The number of halogens is 1. The van der Waals surface area contributed by atoms with Gasteiger partial charge in [0.05, 0.1) is 38.6 Å². The molecule has 1 aromatic rings. The third-order valence-corrected chi connectivity index (χ3v) is 5.08. The van der Waals surface area contributed by atoms with Gasteiger partial charge in [-0.25, -0.2) is 9.59 Å². The first-order chi connectivity index (χ1) is 15.4. The number of ether oxygens (including phenoxy) is 4. The largest absolute Gasteiger partial charge is 0.498 e. The predicted molar refractivity (Wildman–Crippen MR) is 119 cm³/mol. The molecular weight excluding hydrogens is 436 g/mol. The lowest BCUT2D eigenvalue weighted by Gasteiger charge is -2.11. The van der Waals surface area contributed by atoms with Gasteiger partial charge in [-0.3, -0.25) is 4.79 Å². The van der Waals surface area contributed by atoms with Crippen LogP contribution in [-0.2, 0) is 28.5 Å². The average molecular weight is 465 g/mol. The molecule has 8 heteroatoms. The van der Waals surface area contributed by atoms with E-state index < -0.39 is 29.7 Å². The van der Waals surface area contributed by atoms with E-state index in [4.69, 9.17) is 30.5 Å². The van der Waals surface area contributed by atoms with Crippen LogP contribution in [0.4, 0.5) is 0 Å². The SMILES string of the molecule is CCOC(=O)/C=C(/OCC)[C@@H]1C(C(=O)c2ccc(Cl)cc2)[C@H]1/C(=C\C(=O)OCC)OCC. The van der Waals surface area contributed by atoms with Gasteiger partial charge in [-0.2, -0.15) is 0 Å². The molecule has 1 fully saturated rings. The van der Waals surface area contributed by atoms with Crippen molar-refractivity contribution in [2.75, 3.05) is 26.4 Å². The van der Waals surface area contributed by atoms with Gasteiger partial charge in [0.1, 0.15) is 11.5 Å². The van der Waals surface area contributed by atoms with E-state index in [9.17, 15) is 14.4 Å². The summed E-state index contributed by atoms with van der Waals surface area (Å²) in [4.78, 5) is 37.6. The molecule has 0 aliphatic heterocycles. The minimum absolute atomic E-state index is 0.166. The first kappa shape index (κ1) is 25.5. The summed E-state index contributed by atoms with van der Waals surface area (Å²) in [7, 11) is 0. The van der Waals surface area contributed by atoms with Gasteiger partial charge in [-0.15, -0.1) is 0 Å². The minimum Gasteiger partial charge on any atom is -0.498 e. The van der Waals surface area contributed by atoms with Crippen molar-refractivity contribution in [3.8, 4) is 0 Å². The van der Waals surface area contributed by atoms with Gasteiger partial charge in [-0.05, 0) is 52.0 Å². The van der Waals surface area contributed by atoms with Crippen LogP contribution in [0.1, 0.15) is 38.1 Å². The molecule has 0 N–H and O–H groups in total. The number of carbonyl (C=O) groups is 3. The number of rotatable bonds is 12. The Labute approximate surface area is 193 Å². The van der Waals surface area contributed by atoms with Gasteiger partial charge in [-0.1, -0.05) is 11.6 Å². The number of benzene rings is 1. The summed E-state index contributed by atoms with van der Waals surface area (Å²) >= 11 is 5.95. The van der Waals surface area contributed by atoms with Crippen LogP contribution >= 0.6 is 11.6 Å². The summed E-state index contributed by atoms with van der Waals surface area (Å²) in [5, 5.41) is 0.514. The van der Waals surface area contributed by atoms with E-state index in [-0.39, 0.29) is 19.0 Å². The highest BCUT2D eigenvalue weighted by atomic mass is 35.5. The molecule has 1 aliphatic carbocycles. The molecule has 0 bridgehead atoms. The van der Waals surface area contributed by atoms with E-state index in [1.807, 2.05) is 0 Å². The fourth-order valence-electron chi connectivity index (χ4n) is 3.55. The van der Waals surface area contributed by atoms with Crippen molar-refractivity contribution in [3.63, 3.8) is 0 Å². The molecule has 0 radical (unpaired) electrons. The van der Waals surface area contributed by atoms with Crippen molar-refractivity contribution in [2.45, 2.75) is 27.7 Å². The maximum absolute atomic E-state index is 13.3. The Morgan fingerprint density at radius 1 is 0.719 bits per heavy atom. The minimum atomic E-state index is -0.587. The molecule has 0 unspecified atom stereocenters. The van der Waals surface area contributed by atoms with Crippen LogP contribution in [0, 0.1) is 17.8 Å². The number of esters is 2. The number of hydrogen-bond donors (Lipinski definition) is 0. The van der Waals surface area contributed by atoms with Crippen molar-refractivity contribution in [2.24, 2.45) is 17.8 Å². The van der Waals surface area contributed by atoms with Gasteiger partial charge in [0, 0.05) is 28.3 Å². The zero-order valence-electron chi connectivity index (χ0n) is 18.8. The van der Waals surface area contributed by atoms with Crippen LogP contribution in [-0.4, -0.2) is 44.1 Å². The molecule has 0 heterocycles. The molecule has 0 saturated heterocycles. The fourth-order valence-corrected chi connectivity index (χ4v) is 3.68. The van der Waals surface area contributed by atoms with Gasteiger partial charge in [0.15, 0.2) is 5.78 Å². The van der Waals surface area contributed by atoms with Crippen LogP contribution < -0.4 is 0 Å². The second kappa shape index (κ2) is 12.3. The Morgan fingerprint density at radius 2 is 1.12 bits per heavy atom. The lowest BCUT2D eigenvalue weighted by molar-refractivity contribution is -0.138. The summed E-state index contributed by atoms with van der Waals surface area (Å²) in [6.07, 6.45) is 2.52. The summed E-state index contributed by atoms with van der Waals surface area (Å²) in [5.74, 6) is -2.23. The predicted octanol–water partition coefficient (Wildman–Crippen LogP) is 4.35. The quantitative estimate of drug-likeness (QED) is 0.196. The maximum Gasteiger partial charge on any atom is 0.334 e. The van der Waals surface area contributed by atoms with Gasteiger partial charge < -0.3 is 18.9 Å². The summed E-state index contributed by atoms with van der Waals surface area (Å²) in [6, 6.07) is 6.55. The molecule has 1 aliphatic rings. The number of ketones is 1. The van der Waals surface area contributed by atoms with Gasteiger partial charge in [0.2, 0.25) is 0 Å². The molecule has 7 nitrogen and oxygen atoms in total. The Morgan fingerprint density at radius 3 is 1.50 bits per heavy atom. The van der Waals surface area contributed by atoms with Crippen LogP contribution in [0.3, 0.4) is 0 Å². The highest BCUT2D eigenvalue weighted by Gasteiger charge is 2.60. The topological polar surface area (TPSA) is 88.1 Å². The van der Waals surface area contributed by atoms with Gasteiger partial charge >= 0.3 is 11.9 Å². The van der Waals surface area contributed by atoms with Crippen molar-refractivity contribution in [3.05, 3.63) is 58.5 Å². The molecule has 2 atom stereocenters. The summed E-state index contributed by atoms with van der Waals surface area (Å²) in [6.45, 7) is 7.98. The molecule has 174 valence electrons. The van der Waals surface area contributed by atoms with E-state index in [1.54, 1.807) is 52.0 Å². The zero-order chi connectivity index (χ0) is 23.7. The Bertz CT molecular complexity index is 829. The summed E-state index contributed by atoms with van der Waals surface area (Å²) < 4.78 is 21.5. The lowest BCUT2D eigenvalue weighted by Crippen LogP contribution is -2.08. The highest BCUT2D eigenvalue weighted by Crippen LogP contribution is 2.57. The van der Waals surface area contributed by atoms with Crippen molar-refractivity contribution < 1.29 is 33.3 Å².